The van der Waals surface area contributed by atoms with Gasteiger partial charge in [0.15, 0.2) is 0 Å². The fourth-order valence-electron chi connectivity index (χ4n) is 2.57. The lowest BCUT2D eigenvalue weighted by Gasteiger charge is -2.34. The summed E-state index contributed by atoms with van der Waals surface area (Å²) in [6.07, 6.45) is 0.934. The molecule has 0 amide bonds. The van der Waals surface area contributed by atoms with Crippen LogP contribution in [0.25, 0.3) is 0 Å². The largest absolute Gasteiger partial charge is 0.330 e. The molecule has 1 aliphatic heterocycles. The molecule has 0 bridgehead atoms. The highest BCUT2D eigenvalue weighted by Crippen LogP contribution is 2.12. The zero-order valence-electron chi connectivity index (χ0n) is 11.7. The molecule has 1 heterocycles. The van der Waals surface area contributed by atoms with Gasteiger partial charge in [-0.1, -0.05) is 12.1 Å². The van der Waals surface area contributed by atoms with E-state index in [0.29, 0.717) is 12.5 Å². The van der Waals surface area contributed by atoms with Gasteiger partial charge in [-0.2, -0.15) is 0 Å². The van der Waals surface area contributed by atoms with Gasteiger partial charge in [-0.3, -0.25) is 0 Å². The van der Waals surface area contributed by atoms with Crippen molar-refractivity contribution in [1.82, 2.24) is 9.80 Å². The predicted molar refractivity (Wildman–Crippen MR) is 76.6 cm³/mol. The van der Waals surface area contributed by atoms with Crippen LogP contribution in [0.2, 0.25) is 0 Å². The van der Waals surface area contributed by atoms with Crippen LogP contribution in [0.1, 0.15) is 5.56 Å². The Morgan fingerprint density at radius 1 is 1.16 bits per heavy atom. The van der Waals surface area contributed by atoms with E-state index in [1.165, 1.54) is 17.7 Å². The van der Waals surface area contributed by atoms with Gasteiger partial charge in [-0.15, -0.1) is 0 Å². The van der Waals surface area contributed by atoms with Crippen LogP contribution >= 0.6 is 0 Å². The van der Waals surface area contributed by atoms with Gasteiger partial charge < -0.3 is 15.5 Å². The van der Waals surface area contributed by atoms with Crippen molar-refractivity contribution in [2.24, 2.45) is 11.7 Å². The Kier molecular flexibility index (Phi) is 5.31. The third kappa shape index (κ3) is 4.56. The summed E-state index contributed by atoms with van der Waals surface area (Å²) in [5.74, 6) is 0.279. The minimum atomic E-state index is -0.174. The average molecular weight is 265 g/mol. The minimum Gasteiger partial charge on any atom is -0.330 e. The number of hydrogen-bond donors (Lipinski definition) is 1. The van der Waals surface area contributed by atoms with Gasteiger partial charge in [-0.05, 0) is 43.6 Å². The smallest absolute Gasteiger partial charge is 0.123 e. The molecule has 0 radical (unpaired) electrons. The zero-order chi connectivity index (χ0) is 13.7. The van der Waals surface area contributed by atoms with Gasteiger partial charge in [0, 0.05) is 32.7 Å². The van der Waals surface area contributed by atoms with E-state index in [2.05, 4.69) is 16.8 Å². The average Bonchev–Trinajstić information content (AvgIpc) is 2.43. The number of halogens is 1. The van der Waals surface area contributed by atoms with Gasteiger partial charge in [0.05, 0.1) is 0 Å². The molecule has 2 N–H and O–H groups in total. The van der Waals surface area contributed by atoms with E-state index in [0.717, 1.165) is 39.1 Å². The van der Waals surface area contributed by atoms with Gasteiger partial charge >= 0.3 is 0 Å². The Labute approximate surface area is 115 Å². The van der Waals surface area contributed by atoms with Crippen molar-refractivity contribution in [3.8, 4) is 0 Å². The van der Waals surface area contributed by atoms with Crippen LogP contribution < -0.4 is 5.73 Å². The Bertz CT molecular complexity index is 371. The van der Waals surface area contributed by atoms with Crippen LogP contribution in [0, 0.1) is 11.7 Å². The maximum atomic E-state index is 12.9. The molecule has 1 aromatic rings. The number of nitrogens with zero attached hydrogens (tertiary/aromatic N) is 2. The first-order valence-electron chi connectivity index (χ1n) is 7.03. The summed E-state index contributed by atoms with van der Waals surface area (Å²) >= 11 is 0. The van der Waals surface area contributed by atoms with Crippen LogP contribution in [0.4, 0.5) is 4.39 Å². The zero-order valence-corrected chi connectivity index (χ0v) is 11.7. The van der Waals surface area contributed by atoms with Crippen molar-refractivity contribution in [1.29, 1.82) is 0 Å². The maximum Gasteiger partial charge on any atom is 0.123 e. The molecule has 106 valence electrons. The van der Waals surface area contributed by atoms with Gasteiger partial charge in [0.2, 0.25) is 0 Å². The van der Waals surface area contributed by atoms with Gasteiger partial charge in [-0.25, -0.2) is 4.39 Å². The van der Waals surface area contributed by atoms with Crippen LogP contribution in [-0.2, 0) is 6.42 Å². The number of rotatable bonds is 5. The van der Waals surface area contributed by atoms with Crippen molar-refractivity contribution in [2.45, 2.75) is 6.42 Å². The third-order valence-electron chi connectivity index (χ3n) is 3.88. The lowest BCUT2D eigenvalue weighted by molar-refractivity contribution is 0.137. The van der Waals surface area contributed by atoms with Crippen LogP contribution in [0.3, 0.4) is 0 Å². The summed E-state index contributed by atoms with van der Waals surface area (Å²) in [4.78, 5) is 4.84. The van der Waals surface area contributed by atoms with E-state index in [4.69, 9.17) is 5.73 Å². The Balaban J connectivity index is 1.84. The van der Waals surface area contributed by atoms with E-state index in [1.54, 1.807) is 0 Å². The molecule has 1 aliphatic rings. The highest BCUT2D eigenvalue weighted by atomic mass is 19.1. The first-order valence-corrected chi connectivity index (χ1v) is 7.03. The molecule has 0 saturated carbocycles. The molecule has 0 aliphatic carbocycles. The summed E-state index contributed by atoms with van der Waals surface area (Å²) in [5, 5.41) is 0. The molecule has 19 heavy (non-hydrogen) atoms. The molecule has 1 fully saturated rings. The van der Waals surface area contributed by atoms with Crippen molar-refractivity contribution in [3.63, 3.8) is 0 Å². The molecule has 1 atom stereocenters. The van der Waals surface area contributed by atoms with Crippen LogP contribution in [0.15, 0.2) is 24.3 Å². The molecular formula is C15H24FN3. The standard InChI is InChI=1S/C15H24FN3/c1-18-6-8-19(9-7-18)12-14(11-17)10-13-2-4-15(16)5-3-13/h2-5,14H,6-12,17H2,1H3. The van der Waals surface area contributed by atoms with Crippen molar-refractivity contribution in [3.05, 3.63) is 35.6 Å². The lowest BCUT2D eigenvalue weighted by Crippen LogP contribution is -2.47. The van der Waals surface area contributed by atoms with E-state index in [1.807, 2.05) is 12.1 Å². The molecule has 1 aromatic carbocycles. The normalized spacial score (nSPS) is 19.5. The highest BCUT2D eigenvalue weighted by molar-refractivity contribution is 5.16. The second kappa shape index (κ2) is 6.98. The van der Waals surface area contributed by atoms with Crippen LogP contribution in [-0.4, -0.2) is 56.1 Å². The molecular weight excluding hydrogens is 241 g/mol. The molecule has 3 nitrogen and oxygen atoms in total. The lowest BCUT2D eigenvalue weighted by atomic mass is 9.98. The Morgan fingerprint density at radius 2 is 1.79 bits per heavy atom. The number of likely N-dealkylation sites (N-methyl/N-ethyl adjacent to an activating group) is 1. The Morgan fingerprint density at radius 3 is 2.37 bits per heavy atom. The van der Waals surface area contributed by atoms with Crippen LogP contribution in [0.5, 0.6) is 0 Å². The minimum absolute atomic E-state index is 0.174. The topological polar surface area (TPSA) is 32.5 Å². The SMILES string of the molecule is CN1CCN(CC(CN)Cc2ccc(F)cc2)CC1. The van der Waals surface area contributed by atoms with Gasteiger partial charge in [0.1, 0.15) is 5.82 Å². The fraction of sp³-hybridized carbons (Fsp3) is 0.600. The first kappa shape index (κ1) is 14.4. The number of benzene rings is 1. The molecule has 1 unspecified atom stereocenters. The van der Waals surface area contributed by atoms with Crippen molar-refractivity contribution < 1.29 is 4.39 Å². The summed E-state index contributed by atoms with van der Waals surface area (Å²) in [7, 11) is 2.16. The third-order valence-corrected chi connectivity index (χ3v) is 3.88. The van der Waals surface area contributed by atoms with E-state index in [9.17, 15) is 4.39 Å². The Hall–Kier alpha value is -0.970. The molecule has 0 spiro atoms. The number of nitrogens with two attached hydrogens (primary N) is 1. The summed E-state index contributed by atoms with van der Waals surface area (Å²) in [6.45, 7) is 6.24. The number of piperazine rings is 1. The molecule has 0 aromatic heterocycles. The second-order valence-electron chi connectivity index (χ2n) is 5.54. The summed E-state index contributed by atoms with van der Waals surface area (Å²) in [6, 6.07) is 6.78. The number of hydrogen-bond acceptors (Lipinski definition) is 3. The second-order valence-corrected chi connectivity index (χ2v) is 5.54. The predicted octanol–water partition coefficient (Wildman–Crippen LogP) is 1.19. The van der Waals surface area contributed by atoms with E-state index in [-0.39, 0.29) is 5.82 Å². The summed E-state index contributed by atoms with van der Waals surface area (Å²) < 4.78 is 12.9. The molecule has 4 heteroatoms. The molecule has 2 rings (SSSR count). The fourth-order valence-corrected chi connectivity index (χ4v) is 2.57. The first-order chi connectivity index (χ1) is 9.17. The summed E-state index contributed by atoms with van der Waals surface area (Å²) in [5.41, 5.74) is 7.06. The maximum absolute atomic E-state index is 12.9. The van der Waals surface area contributed by atoms with E-state index >= 15 is 0 Å². The molecule has 1 saturated heterocycles. The van der Waals surface area contributed by atoms with Crippen molar-refractivity contribution in [2.75, 3.05) is 46.3 Å². The monoisotopic (exact) mass is 265 g/mol. The van der Waals surface area contributed by atoms with Crippen molar-refractivity contribution >= 4 is 0 Å². The van der Waals surface area contributed by atoms with Gasteiger partial charge in [0.25, 0.3) is 0 Å². The quantitative estimate of drug-likeness (QED) is 0.868. The van der Waals surface area contributed by atoms with E-state index < -0.39 is 0 Å². The highest BCUT2D eigenvalue weighted by Gasteiger charge is 2.17.